The van der Waals surface area contributed by atoms with E-state index in [0.29, 0.717) is 6.54 Å². The lowest BCUT2D eigenvalue weighted by atomic mass is 9.97. The van der Waals surface area contributed by atoms with Crippen LogP contribution >= 0.6 is 0 Å². The van der Waals surface area contributed by atoms with Gasteiger partial charge in [0.1, 0.15) is 5.69 Å². The molecule has 0 saturated carbocycles. The first-order valence-corrected chi connectivity index (χ1v) is 5.93. The highest BCUT2D eigenvalue weighted by Crippen LogP contribution is 2.28. The fourth-order valence-electron chi connectivity index (χ4n) is 2.03. The molecule has 19 heavy (non-hydrogen) atoms. The number of carbonyl (C=O) groups is 1. The van der Waals surface area contributed by atoms with Crippen LogP contribution in [0.2, 0.25) is 0 Å². The molecule has 104 valence electrons. The molecule has 0 radical (unpaired) electrons. The van der Waals surface area contributed by atoms with E-state index in [1.54, 1.807) is 0 Å². The van der Waals surface area contributed by atoms with Gasteiger partial charge in [-0.1, -0.05) is 6.92 Å². The summed E-state index contributed by atoms with van der Waals surface area (Å²) in [4.78, 5) is 15.2. The lowest BCUT2D eigenvalue weighted by molar-refractivity contribution is -0.141. The number of aromatic nitrogens is 1. The van der Waals surface area contributed by atoms with Gasteiger partial charge >= 0.3 is 6.18 Å². The Bertz CT molecular complexity index is 458. The number of nitrogens with one attached hydrogen (secondary N) is 2. The van der Waals surface area contributed by atoms with E-state index >= 15 is 0 Å². The van der Waals surface area contributed by atoms with Crippen LogP contribution < -0.4 is 10.6 Å². The molecule has 4 nitrogen and oxygen atoms in total. The quantitative estimate of drug-likeness (QED) is 0.865. The fraction of sp³-hybridized carbons (Fsp3) is 0.500. The van der Waals surface area contributed by atoms with Crippen molar-refractivity contribution in [2.24, 2.45) is 11.8 Å². The zero-order valence-electron chi connectivity index (χ0n) is 10.3. The number of carbonyl (C=O) groups excluding carboxylic acids is 1. The molecule has 2 heterocycles. The molecule has 0 spiro atoms. The summed E-state index contributed by atoms with van der Waals surface area (Å²) in [6.45, 7) is 3.31. The van der Waals surface area contributed by atoms with E-state index in [2.05, 4.69) is 15.6 Å². The van der Waals surface area contributed by atoms with Gasteiger partial charge in [-0.3, -0.25) is 4.79 Å². The average molecular weight is 273 g/mol. The highest BCUT2D eigenvalue weighted by atomic mass is 19.4. The first-order chi connectivity index (χ1) is 8.88. The summed E-state index contributed by atoms with van der Waals surface area (Å²) in [5, 5.41) is 5.68. The van der Waals surface area contributed by atoms with Crippen LogP contribution in [0.25, 0.3) is 0 Å². The molecule has 2 rings (SSSR count). The van der Waals surface area contributed by atoms with E-state index in [1.165, 1.54) is 6.07 Å². The van der Waals surface area contributed by atoms with Gasteiger partial charge in [-0.25, -0.2) is 4.98 Å². The van der Waals surface area contributed by atoms with Crippen LogP contribution in [-0.2, 0) is 11.0 Å². The molecule has 1 aromatic heterocycles. The molecule has 1 aliphatic heterocycles. The molecule has 1 saturated heterocycles. The van der Waals surface area contributed by atoms with E-state index in [1.807, 2.05) is 6.92 Å². The lowest BCUT2D eigenvalue weighted by Gasteiger charge is -2.14. The molecule has 1 aliphatic rings. The predicted molar refractivity (Wildman–Crippen MR) is 63.4 cm³/mol. The standard InChI is InChI=1S/C12H14F3N3O/c1-7-4-16-6-9(7)11(19)18-8-2-3-10(17-5-8)12(13,14)15/h2-3,5,7,9,16H,4,6H2,1H3,(H,18,19). The molecule has 2 N–H and O–H groups in total. The maximum Gasteiger partial charge on any atom is 0.433 e. The Hall–Kier alpha value is -1.63. The van der Waals surface area contributed by atoms with Crippen LogP contribution in [0.1, 0.15) is 12.6 Å². The Morgan fingerprint density at radius 2 is 2.16 bits per heavy atom. The summed E-state index contributed by atoms with van der Waals surface area (Å²) >= 11 is 0. The fourth-order valence-corrected chi connectivity index (χ4v) is 2.03. The van der Waals surface area contributed by atoms with E-state index in [4.69, 9.17) is 0 Å². The molecule has 1 fully saturated rings. The van der Waals surface area contributed by atoms with Crippen LogP contribution in [0.15, 0.2) is 18.3 Å². The van der Waals surface area contributed by atoms with Crippen molar-refractivity contribution in [1.82, 2.24) is 10.3 Å². The minimum absolute atomic E-state index is 0.165. The number of amides is 1. The third-order valence-electron chi connectivity index (χ3n) is 3.18. The van der Waals surface area contributed by atoms with Gasteiger partial charge in [0.05, 0.1) is 17.8 Å². The Kier molecular flexibility index (Phi) is 3.75. The smallest absolute Gasteiger partial charge is 0.324 e. The summed E-state index contributed by atoms with van der Waals surface area (Å²) in [5.41, 5.74) is -0.696. The Labute approximate surface area is 108 Å². The van der Waals surface area contributed by atoms with E-state index in [-0.39, 0.29) is 23.4 Å². The third-order valence-corrected chi connectivity index (χ3v) is 3.18. The number of hydrogen-bond acceptors (Lipinski definition) is 3. The molecule has 1 amide bonds. The number of rotatable bonds is 2. The number of halogens is 3. The highest BCUT2D eigenvalue weighted by Gasteiger charge is 2.32. The maximum atomic E-state index is 12.3. The van der Waals surface area contributed by atoms with Crippen LogP contribution in [0.4, 0.5) is 18.9 Å². The van der Waals surface area contributed by atoms with Crippen molar-refractivity contribution in [1.29, 1.82) is 0 Å². The largest absolute Gasteiger partial charge is 0.433 e. The van der Waals surface area contributed by atoms with Gasteiger partial charge in [0.15, 0.2) is 0 Å². The Morgan fingerprint density at radius 1 is 1.42 bits per heavy atom. The van der Waals surface area contributed by atoms with Crippen molar-refractivity contribution in [2.75, 3.05) is 18.4 Å². The number of hydrogen-bond donors (Lipinski definition) is 2. The zero-order valence-corrected chi connectivity index (χ0v) is 10.3. The molecule has 1 aromatic rings. The Morgan fingerprint density at radius 3 is 2.63 bits per heavy atom. The third kappa shape index (κ3) is 3.23. The molecular weight excluding hydrogens is 259 g/mol. The van der Waals surface area contributed by atoms with Gasteiger partial charge in [0.25, 0.3) is 0 Å². The van der Waals surface area contributed by atoms with Gasteiger partial charge in [0, 0.05) is 6.54 Å². The number of pyridine rings is 1. The number of alkyl halides is 3. The normalized spacial score (nSPS) is 23.4. The summed E-state index contributed by atoms with van der Waals surface area (Å²) < 4.78 is 37.0. The summed E-state index contributed by atoms with van der Waals surface area (Å²) in [7, 11) is 0. The zero-order chi connectivity index (χ0) is 14.0. The number of nitrogens with zero attached hydrogens (tertiary/aromatic N) is 1. The van der Waals surface area contributed by atoms with Gasteiger partial charge in [-0.05, 0) is 24.6 Å². The second-order valence-corrected chi connectivity index (χ2v) is 4.66. The average Bonchev–Trinajstić information content (AvgIpc) is 2.75. The minimum Gasteiger partial charge on any atom is -0.324 e. The van der Waals surface area contributed by atoms with Crippen LogP contribution in [0, 0.1) is 11.8 Å². The second kappa shape index (κ2) is 5.16. The topological polar surface area (TPSA) is 54.0 Å². The summed E-state index contributed by atoms with van der Waals surface area (Å²) in [6, 6.07) is 2.06. The van der Waals surface area contributed by atoms with Gasteiger partial charge in [0.2, 0.25) is 5.91 Å². The first kappa shape index (κ1) is 13.8. The molecular formula is C12H14F3N3O. The van der Waals surface area contributed by atoms with Crippen LogP contribution in [-0.4, -0.2) is 24.0 Å². The lowest BCUT2D eigenvalue weighted by Crippen LogP contribution is -2.27. The highest BCUT2D eigenvalue weighted by molar-refractivity contribution is 5.92. The molecule has 0 aromatic carbocycles. The van der Waals surface area contributed by atoms with Gasteiger partial charge < -0.3 is 10.6 Å². The van der Waals surface area contributed by atoms with Crippen molar-refractivity contribution < 1.29 is 18.0 Å². The van der Waals surface area contributed by atoms with Crippen LogP contribution in [0.3, 0.4) is 0 Å². The number of anilines is 1. The summed E-state index contributed by atoms with van der Waals surface area (Å²) in [6.07, 6.45) is -3.44. The van der Waals surface area contributed by atoms with E-state index in [9.17, 15) is 18.0 Å². The summed E-state index contributed by atoms with van der Waals surface area (Å²) in [5.74, 6) is -0.149. The predicted octanol–water partition coefficient (Wildman–Crippen LogP) is 1.89. The van der Waals surface area contributed by atoms with Crippen molar-refractivity contribution >= 4 is 11.6 Å². The monoisotopic (exact) mass is 273 g/mol. The Balaban J connectivity index is 2.02. The van der Waals surface area contributed by atoms with E-state index in [0.717, 1.165) is 18.8 Å². The molecule has 0 bridgehead atoms. The minimum atomic E-state index is -4.47. The maximum absolute atomic E-state index is 12.3. The SMILES string of the molecule is CC1CNCC1C(=O)Nc1ccc(C(F)(F)F)nc1. The van der Waals surface area contributed by atoms with Gasteiger partial charge in [-0.15, -0.1) is 0 Å². The van der Waals surface area contributed by atoms with Crippen molar-refractivity contribution in [3.8, 4) is 0 Å². The molecule has 0 aliphatic carbocycles. The van der Waals surface area contributed by atoms with E-state index < -0.39 is 11.9 Å². The van der Waals surface area contributed by atoms with Crippen molar-refractivity contribution in [3.05, 3.63) is 24.0 Å². The molecule has 7 heteroatoms. The molecule has 2 unspecified atom stereocenters. The van der Waals surface area contributed by atoms with Crippen LogP contribution in [0.5, 0.6) is 0 Å². The molecule has 2 atom stereocenters. The van der Waals surface area contributed by atoms with Crippen molar-refractivity contribution in [2.45, 2.75) is 13.1 Å². The van der Waals surface area contributed by atoms with Gasteiger partial charge in [-0.2, -0.15) is 13.2 Å². The second-order valence-electron chi connectivity index (χ2n) is 4.66. The first-order valence-electron chi connectivity index (χ1n) is 5.93. The van der Waals surface area contributed by atoms with Crippen molar-refractivity contribution in [3.63, 3.8) is 0 Å².